The van der Waals surface area contributed by atoms with Crippen molar-refractivity contribution in [3.05, 3.63) is 41.5 Å². The van der Waals surface area contributed by atoms with Crippen molar-refractivity contribution >= 4 is 17.7 Å². The van der Waals surface area contributed by atoms with Crippen LogP contribution in [-0.2, 0) is 0 Å². The molecule has 1 amide bonds. The van der Waals surface area contributed by atoms with Gasteiger partial charge in [-0.25, -0.2) is 0 Å². The lowest BCUT2D eigenvalue weighted by atomic mass is 10.0. The van der Waals surface area contributed by atoms with Crippen molar-refractivity contribution in [3.8, 4) is 0 Å². The summed E-state index contributed by atoms with van der Waals surface area (Å²) in [6, 6.07) is 7.58. The molecule has 0 saturated carbocycles. The number of aliphatic hydroxyl groups is 1. The molecule has 0 bridgehead atoms. The quantitative estimate of drug-likeness (QED) is 0.599. The highest BCUT2D eigenvalue weighted by Crippen LogP contribution is 2.23. The summed E-state index contributed by atoms with van der Waals surface area (Å²) < 4.78 is 0. The van der Waals surface area contributed by atoms with Crippen LogP contribution in [0.1, 0.15) is 38.1 Å². The van der Waals surface area contributed by atoms with Crippen molar-refractivity contribution in [1.29, 1.82) is 0 Å². The average molecular weight is 307 g/mol. The number of allylic oxidation sites excluding steroid dienone is 1. The molecule has 1 aromatic rings. The summed E-state index contributed by atoms with van der Waals surface area (Å²) >= 11 is 1.66. The van der Waals surface area contributed by atoms with Crippen LogP contribution < -0.4 is 5.32 Å². The first-order chi connectivity index (χ1) is 9.95. The maximum Gasteiger partial charge on any atom is 0.252 e. The molecule has 3 nitrogen and oxygen atoms in total. The molecule has 2 unspecified atom stereocenters. The van der Waals surface area contributed by atoms with Crippen molar-refractivity contribution in [2.45, 2.75) is 38.6 Å². The molecule has 2 atom stereocenters. The minimum atomic E-state index is -0.0805. The first-order valence-corrected chi connectivity index (χ1v) is 8.21. The number of rotatable bonds is 7. The van der Waals surface area contributed by atoms with E-state index in [1.54, 1.807) is 11.8 Å². The summed E-state index contributed by atoms with van der Waals surface area (Å²) in [6.45, 7) is 8.03. The molecule has 0 aliphatic heterocycles. The van der Waals surface area contributed by atoms with Crippen LogP contribution in [0.5, 0.6) is 0 Å². The molecular formula is C17H25NO2S. The first-order valence-electron chi connectivity index (χ1n) is 7.22. The Hall–Kier alpha value is -1.26. The minimum absolute atomic E-state index is 0.0411. The van der Waals surface area contributed by atoms with Crippen LogP contribution in [0.25, 0.3) is 0 Å². The highest BCUT2D eigenvalue weighted by molar-refractivity contribution is 7.99. The van der Waals surface area contributed by atoms with Crippen molar-refractivity contribution < 1.29 is 9.90 Å². The predicted octanol–water partition coefficient (Wildman–Crippen LogP) is 3.49. The van der Waals surface area contributed by atoms with E-state index in [-0.39, 0.29) is 24.5 Å². The number of carbonyl (C=O) groups excluding carboxylic acids is 1. The van der Waals surface area contributed by atoms with Gasteiger partial charge >= 0.3 is 0 Å². The van der Waals surface area contributed by atoms with Crippen molar-refractivity contribution in [1.82, 2.24) is 5.32 Å². The van der Waals surface area contributed by atoms with E-state index < -0.39 is 0 Å². The number of hydrogen-bond donors (Lipinski definition) is 2. The summed E-state index contributed by atoms with van der Waals surface area (Å²) in [4.78, 5) is 13.4. The Morgan fingerprint density at radius 3 is 2.62 bits per heavy atom. The minimum Gasteiger partial charge on any atom is -0.396 e. The molecule has 1 aromatic carbocycles. The van der Waals surface area contributed by atoms with E-state index in [1.807, 2.05) is 38.1 Å². The Labute approximate surface area is 131 Å². The fraction of sp³-hybridized carbons (Fsp3) is 0.471. The summed E-state index contributed by atoms with van der Waals surface area (Å²) in [7, 11) is 0. The Morgan fingerprint density at radius 1 is 1.33 bits per heavy atom. The number of amides is 1. The van der Waals surface area contributed by atoms with E-state index in [9.17, 15) is 4.79 Å². The third-order valence-electron chi connectivity index (χ3n) is 3.36. The lowest BCUT2D eigenvalue weighted by Crippen LogP contribution is -2.38. The molecular weight excluding hydrogens is 282 g/mol. The lowest BCUT2D eigenvalue weighted by molar-refractivity contribution is 0.0913. The standard InChI is InChI=1S/C17H25NO2S/c1-12(2)9-10-21-16-8-6-5-7-15(16)17(20)18-14(4)13(3)11-19/h5-9,13-14,19H,10-11H2,1-4H3,(H,18,20). The van der Waals surface area contributed by atoms with E-state index in [2.05, 4.69) is 25.2 Å². The van der Waals surface area contributed by atoms with Crippen LogP contribution in [0, 0.1) is 5.92 Å². The third kappa shape index (κ3) is 5.94. The van der Waals surface area contributed by atoms with Gasteiger partial charge in [0.05, 0.1) is 5.56 Å². The van der Waals surface area contributed by atoms with Gasteiger partial charge in [-0.1, -0.05) is 30.7 Å². The molecule has 0 spiro atoms. The summed E-state index contributed by atoms with van der Waals surface area (Å²) in [6.07, 6.45) is 2.15. The summed E-state index contributed by atoms with van der Waals surface area (Å²) in [5, 5.41) is 12.1. The van der Waals surface area contributed by atoms with E-state index >= 15 is 0 Å². The van der Waals surface area contributed by atoms with Crippen molar-refractivity contribution in [2.75, 3.05) is 12.4 Å². The van der Waals surface area contributed by atoms with Gasteiger partial charge in [0.2, 0.25) is 0 Å². The smallest absolute Gasteiger partial charge is 0.252 e. The zero-order valence-electron chi connectivity index (χ0n) is 13.2. The number of hydrogen-bond acceptors (Lipinski definition) is 3. The highest BCUT2D eigenvalue weighted by atomic mass is 32.2. The van der Waals surface area contributed by atoms with Gasteiger partial charge in [-0.15, -0.1) is 11.8 Å². The van der Waals surface area contributed by atoms with Crippen LogP contribution in [0.2, 0.25) is 0 Å². The van der Waals surface area contributed by atoms with Gasteiger partial charge in [0, 0.05) is 23.3 Å². The van der Waals surface area contributed by atoms with E-state index in [1.165, 1.54) is 5.57 Å². The molecule has 0 heterocycles. The molecule has 0 aliphatic rings. The van der Waals surface area contributed by atoms with Gasteiger partial charge in [-0.2, -0.15) is 0 Å². The van der Waals surface area contributed by atoms with Gasteiger partial charge in [-0.3, -0.25) is 4.79 Å². The van der Waals surface area contributed by atoms with E-state index in [0.717, 1.165) is 10.6 Å². The first kappa shape index (κ1) is 17.8. The fourth-order valence-electron chi connectivity index (χ4n) is 1.66. The molecule has 0 aromatic heterocycles. The Morgan fingerprint density at radius 2 is 2.00 bits per heavy atom. The SMILES string of the molecule is CC(C)=CCSc1ccccc1C(=O)NC(C)C(C)CO. The largest absolute Gasteiger partial charge is 0.396 e. The molecule has 1 rings (SSSR count). The average Bonchev–Trinajstić information content (AvgIpc) is 2.46. The monoisotopic (exact) mass is 307 g/mol. The second kappa shape index (κ2) is 8.90. The number of aliphatic hydroxyl groups excluding tert-OH is 1. The topological polar surface area (TPSA) is 49.3 Å². The number of nitrogens with one attached hydrogen (secondary N) is 1. The number of benzene rings is 1. The zero-order chi connectivity index (χ0) is 15.8. The van der Waals surface area contributed by atoms with Gasteiger partial charge in [-0.05, 0) is 38.8 Å². The second-order valence-corrected chi connectivity index (χ2v) is 6.57. The molecule has 0 aliphatic carbocycles. The molecule has 0 saturated heterocycles. The zero-order valence-corrected chi connectivity index (χ0v) is 14.0. The van der Waals surface area contributed by atoms with Gasteiger partial charge in [0.25, 0.3) is 5.91 Å². The van der Waals surface area contributed by atoms with Crippen LogP contribution in [0.4, 0.5) is 0 Å². The van der Waals surface area contributed by atoms with Crippen LogP contribution in [0.3, 0.4) is 0 Å². The fourth-order valence-corrected chi connectivity index (χ4v) is 2.75. The van der Waals surface area contributed by atoms with Gasteiger partial charge < -0.3 is 10.4 Å². The second-order valence-electron chi connectivity index (χ2n) is 5.51. The molecule has 116 valence electrons. The lowest BCUT2D eigenvalue weighted by Gasteiger charge is -2.20. The molecule has 0 radical (unpaired) electrons. The maximum atomic E-state index is 12.4. The number of carbonyl (C=O) groups is 1. The molecule has 2 N–H and O–H groups in total. The van der Waals surface area contributed by atoms with Crippen molar-refractivity contribution in [3.63, 3.8) is 0 Å². The molecule has 4 heteroatoms. The Balaban J connectivity index is 2.77. The molecule has 0 fully saturated rings. The van der Waals surface area contributed by atoms with Gasteiger partial charge in [0.1, 0.15) is 0 Å². The Kier molecular flexibility index (Phi) is 7.54. The van der Waals surface area contributed by atoms with E-state index in [4.69, 9.17) is 5.11 Å². The van der Waals surface area contributed by atoms with Gasteiger partial charge in [0.15, 0.2) is 0 Å². The highest BCUT2D eigenvalue weighted by Gasteiger charge is 2.17. The summed E-state index contributed by atoms with van der Waals surface area (Å²) in [5.41, 5.74) is 1.97. The van der Waals surface area contributed by atoms with Crippen LogP contribution in [0.15, 0.2) is 40.8 Å². The van der Waals surface area contributed by atoms with Crippen LogP contribution in [-0.4, -0.2) is 29.4 Å². The third-order valence-corrected chi connectivity index (χ3v) is 4.36. The Bertz CT molecular complexity index is 495. The number of thioether (sulfide) groups is 1. The van der Waals surface area contributed by atoms with Crippen LogP contribution >= 0.6 is 11.8 Å². The normalized spacial score (nSPS) is 13.4. The van der Waals surface area contributed by atoms with E-state index in [0.29, 0.717) is 5.56 Å². The molecule has 21 heavy (non-hydrogen) atoms. The predicted molar refractivity (Wildman–Crippen MR) is 89.8 cm³/mol. The van der Waals surface area contributed by atoms with Crippen molar-refractivity contribution in [2.24, 2.45) is 5.92 Å². The maximum absolute atomic E-state index is 12.4. The summed E-state index contributed by atoms with van der Waals surface area (Å²) in [5.74, 6) is 0.817.